The first-order valence-electron chi connectivity index (χ1n) is 6.21. The van der Waals surface area contributed by atoms with E-state index in [1.807, 2.05) is 24.3 Å². The summed E-state index contributed by atoms with van der Waals surface area (Å²) in [7, 11) is 0. The molecule has 1 unspecified atom stereocenters. The maximum absolute atomic E-state index is 11.9. The number of ketones is 1. The Bertz CT molecular complexity index is 386. The highest BCUT2D eigenvalue weighted by Crippen LogP contribution is 2.19. The van der Waals surface area contributed by atoms with E-state index in [-0.39, 0.29) is 0 Å². The minimum absolute atomic E-state index is 0.298. The fourth-order valence-electron chi connectivity index (χ4n) is 2.35. The molecule has 17 heavy (non-hydrogen) atoms. The Balaban J connectivity index is 1.86. The zero-order valence-corrected chi connectivity index (χ0v) is 10.7. The molecule has 0 amide bonds. The lowest BCUT2D eigenvalue weighted by molar-refractivity contribution is -0.119. The highest BCUT2D eigenvalue weighted by atomic mass is 35.5. The van der Waals surface area contributed by atoms with Gasteiger partial charge in [0.25, 0.3) is 0 Å². The average Bonchev–Trinajstić information content (AvgIpc) is 2.33. The van der Waals surface area contributed by atoms with Crippen LogP contribution in [0.4, 0.5) is 0 Å². The molecule has 1 aliphatic heterocycles. The number of rotatable bonds is 4. The van der Waals surface area contributed by atoms with Crippen molar-refractivity contribution >= 4 is 17.4 Å². The average molecular weight is 252 g/mol. The van der Waals surface area contributed by atoms with Crippen LogP contribution in [0.25, 0.3) is 0 Å². The summed E-state index contributed by atoms with van der Waals surface area (Å²) >= 11 is 6.05. The Hall–Kier alpha value is -0.860. The van der Waals surface area contributed by atoms with Crippen LogP contribution in [0.15, 0.2) is 24.3 Å². The number of benzene rings is 1. The van der Waals surface area contributed by atoms with Crippen LogP contribution in [0.2, 0.25) is 5.02 Å². The van der Waals surface area contributed by atoms with Crippen molar-refractivity contribution < 1.29 is 4.79 Å². The Morgan fingerprint density at radius 1 is 1.41 bits per heavy atom. The summed E-state index contributed by atoms with van der Waals surface area (Å²) in [5.41, 5.74) is 0.947. The zero-order valence-electron chi connectivity index (χ0n) is 9.92. The van der Waals surface area contributed by atoms with Gasteiger partial charge in [0, 0.05) is 17.9 Å². The Kier molecular flexibility index (Phi) is 4.57. The molecule has 3 heteroatoms. The molecule has 1 heterocycles. The van der Waals surface area contributed by atoms with Crippen molar-refractivity contribution in [2.45, 2.75) is 25.7 Å². The van der Waals surface area contributed by atoms with Gasteiger partial charge in [-0.05, 0) is 43.5 Å². The third-order valence-corrected chi connectivity index (χ3v) is 3.63. The van der Waals surface area contributed by atoms with Gasteiger partial charge >= 0.3 is 0 Å². The first-order chi connectivity index (χ1) is 8.25. The van der Waals surface area contributed by atoms with Crippen LogP contribution in [0.5, 0.6) is 0 Å². The van der Waals surface area contributed by atoms with Crippen molar-refractivity contribution in [2.75, 3.05) is 13.1 Å². The monoisotopic (exact) mass is 251 g/mol. The molecule has 1 N–H and O–H groups in total. The Morgan fingerprint density at radius 3 is 2.94 bits per heavy atom. The van der Waals surface area contributed by atoms with Crippen molar-refractivity contribution in [3.8, 4) is 0 Å². The van der Waals surface area contributed by atoms with Crippen molar-refractivity contribution in [2.24, 2.45) is 5.92 Å². The molecule has 1 saturated heterocycles. The summed E-state index contributed by atoms with van der Waals surface area (Å²) in [6.45, 7) is 2.07. The number of Topliss-reactive ketones (excluding diaryl/α,β-unsaturated/α-hetero) is 1. The summed E-state index contributed by atoms with van der Waals surface area (Å²) in [6, 6.07) is 7.59. The highest BCUT2D eigenvalue weighted by molar-refractivity contribution is 6.31. The topological polar surface area (TPSA) is 29.1 Å². The third kappa shape index (κ3) is 3.83. The van der Waals surface area contributed by atoms with E-state index in [0.29, 0.717) is 29.6 Å². The first kappa shape index (κ1) is 12.6. The van der Waals surface area contributed by atoms with Crippen LogP contribution in [0.3, 0.4) is 0 Å². The molecule has 1 fully saturated rings. The molecule has 1 aromatic rings. The first-order valence-corrected chi connectivity index (χ1v) is 6.59. The normalized spacial score (nSPS) is 20.2. The van der Waals surface area contributed by atoms with E-state index in [1.165, 1.54) is 12.8 Å². The van der Waals surface area contributed by atoms with Gasteiger partial charge in [-0.25, -0.2) is 0 Å². The number of halogens is 1. The molecule has 1 atom stereocenters. The highest BCUT2D eigenvalue weighted by Gasteiger charge is 2.17. The number of carbonyl (C=O) groups excluding carboxylic acids is 1. The van der Waals surface area contributed by atoms with Crippen LogP contribution in [-0.2, 0) is 11.2 Å². The van der Waals surface area contributed by atoms with Gasteiger partial charge in [-0.1, -0.05) is 29.8 Å². The molecule has 0 aliphatic carbocycles. The van der Waals surface area contributed by atoms with Crippen molar-refractivity contribution in [3.63, 3.8) is 0 Å². The van der Waals surface area contributed by atoms with Crippen LogP contribution in [0.1, 0.15) is 24.8 Å². The minimum atomic E-state index is 0.298. The second-order valence-corrected chi connectivity index (χ2v) is 5.13. The quantitative estimate of drug-likeness (QED) is 0.892. The largest absolute Gasteiger partial charge is 0.316 e. The SMILES string of the molecule is O=C(Cc1ccccc1Cl)CC1CCCNC1. The standard InChI is InChI=1S/C14H18ClNO/c15-14-6-2-1-5-12(14)9-13(17)8-11-4-3-7-16-10-11/h1-2,5-6,11,16H,3-4,7-10H2. The summed E-state index contributed by atoms with van der Waals surface area (Å²) in [4.78, 5) is 11.9. The third-order valence-electron chi connectivity index (χ3n) is 3.26. The Morgan fingerprint density at radius 2 is 2.24 bits per heavy atom. The van der Waals surface area contributed by atoms with Gasteiger partial charge in [0.1, 0.15) is 5.78 Å². The van der Waals surface area contributed by atoms with E-state index in [0.717, 1.165) is 18.7 Å². The number of carbonyl (C=O) groups is 1. The molecule has 0 radical (unpaired) electrons. The maximum Gasteiger partial charge on any atom is 0.137 e. The second kappa shape index (κ2) is 6.18. The number of piperidine rings is 1. The number of hydrogen-bond acceptors (Lipinski definition) is 2. The van der Waals surface area contributed by atoms with Crippen molar-refractivity contribution in [1.82, 2.24) is 5.32 Å². The van der Waals surface area contributed by atoms with E-state index in [2.05, 4.69) is 5.32 Å². The summed E-state index contributed by atoms with van der Waals surface area (Å²) in [5.74, 6) is 0.811. The molecular formula is C14H18ClNO. The van der Waals surface area contributed by atoms with Gasteiger partial charge in [0.2, 0.25) is 0 Å². The van der Waals surface area contributed by atoms with Crippen LogP contribution in [-0.4, -0.2) is 18.9 Å². The lowest BCUT2D eigenvalue weighted by Gasteiger charge is -2.21. The van der Waals surface area contributed by atoms with Crippen LogP contribution >= 0.6 is 11.6 Å². The van der Waals surface area contributed by atoms with E-state index >= 15 is 0 Å². The van der Waals surface area contributed by atoms with Crippen LogP contribution < -0.4 is 5.32 Å². The molecule has 1 aromatic carbocycles. The van der Waals surface area contributed by atoms with Gasteiger partial charge in [-0.2, -0.15) is 0 Å². The Labute approximate surface area is 107 Å². The zero-order chi connectivity index (χ0) is 12.1. The fraction of sp³-hybridized carbons (Fsp3) is 0.500. The lowest BCUT2D eigenvalue weighted by Crippen LogP contribution is -2.31. The van der Waals surface area contributed by atoms with Crippen LogP contribution in [0, 0.1) is 5.92 Å². The molecule has 1 aliphatic rings. The maximum atomic E-state index is 11.9. The van der Waals surface area contributed by atoms with Crippen molar-refractivity contribution in [1.29, 1.82) is 0 Å². The van der Waals surface area contributed by atoms with E-state index in [9.17, 15) is 4.79 Å². The van der Waals surface area contributed by atoms with E-state index < -0.39 is 0 Å². The second-order valence-electron chi connectivity index (χ2n) is 4.72. The molecule has 0 spiro atoms. The smallest absolute Gasteiger partial charge is 0.137 e. The van der Waals surface area contributed by atoms with E-state index in [4.69, 9.17) is 11.6 Å². The van der Waals surface area contributed by atoms with Crippen molar-refractivity contribution in [3.05, 3.63) is 34.9 Å². The van der Waals surface area contributed by atoms with Gasteiger partial charge in [-0.15, -0.1) is 0 Å². The molecule has 0 aromatic heterocycles. The number of nitrogens with one attached hydrogen (secondary N) is 1. The summed E-state index contributed by atoms with van der Waals surface area (Å²) in [6.07, 6.45) is 3.50. The summed E-state index contributed by atoms with van der Waals surface area (Å²) in [5, 5.41) is 4.03. The molecule has 2 rings (SSSR count). The molecule has 2 nitrogen and oxygen atoms in total. The van der Waals surface area contributed by atoms with E-state index in [1.54, 1.807) is 0 Å². The molecule has 92 valence electrons. The lowest BCUT2D eigenvalue weighted by atomic mass is 9.92. The van der Waals surface area contributed by atoms with Gasteiger partial charge in [0.05, 0.1) is 0 Å². The number of hydrogen-bond donors (Lipinski definition) is 1. The predicted octanol–water partition coefficient (Wildman–Crippen LogP) is 2.84. The minimum Gasteiger partial charge on any atom is -0.316 e. The predicted molar refractivity (Wildman–Crippen MR) is 70.4 cm³/mol. The van der Waals surface area contributed by atoms with Gasteiger partial charge in [-0.3, -0.25) is 4.79 Å². The molecular weight excluding hydrogens is 234 g/mol. The summed E-state index contributed by atoms with van der Waals surface area (Å²) < 4.78 is 0. The van der Waals surface area contributed by atoms with Gasteiger partial charge < -0.3 is 5.32 Å². The molecule has 0 bridgehead atoms. The van der Waals surface area contributed by atoms with Gasteiger partial charge in [0.15, 0.2) is 0 Å². The molecule has 0 saturated carbocycles. The fourth-order valence-corrected chi connectivity index (χ4v) is 2.55.